The van der Waals surface area contributed by atoms with Gasteiger partial charge in [-0.05, 0) is 25.7 Å². The minimum Gasteiger partial charge on any atom is -0.328 e. The number of hydrogen-bond acceptors (Lipinski definition) is 2. The number of nitrogens with zero attached hydrogens (tertiary/aromatic N) is 1. The zero-order valence-corrected chi connectivity index (χ0v) is 8.97. The highest BCUT2D eigenvalue weighted by Crippen LogP contribution is 2.21. The molecule has 0 atom stereocenters. The lowest BCUT2D eigenvalue weighted by molar-refractivity contribution is 0.381. The van der Waals surface area contributed by atoms with Crippen LogP contribution >= 0.6 is 0 Å². The molecule has 1 fully saturated rings. The van der Waals surface area contributed by atoms with Crippen molar-refractivity contribution in [2.75, 3.05) is 0 Å². The van der Waals surface area contributed by atoms with Crippen LogP contribution < -0.4 is 5.73 Å². The standard InChI is InChI=1S/C7H12N2.C6H6/c8-5-6-1-3-7(9)4-2-6;1-2-4-6-5-3-1/h6-7H,1-4,9H2;1-6H. The highest BCUT2D eigenvalue weighted by Gasteiger charge is 2.16. The Morgan fingerprint density at radius 2 is 1.27 bits per heavy atom. The van der Waals surface area contributed by atoms with Crippen LogP contribution in [0.2, 0.25) is 0 Å². The highest BCUT2D eigenvalue weighted by molar-refractivity contribution is 4.99. The third kappa shape index (κ3) is 5.19. The molecular formula is C13H18N2. The summed E-state index contributed by atoms with van der Waals surface area (Å²) in [6, 6.07) is 14.6. The van der Waals surface area contributed by atoms with E-state index < -0.39 is 0 Å². The number of nitrogens with two attached hydrogens (primary N) is 1. The number of nitriles is 1. The normalized spacial score (nSPS) is 24.5. The van der Waals surface area contributed by atoms with Gasteiger partial charge in [0, 0.05) is 12.0 Å². The summed E-state index contributed by atoms with van der Waals surface area (Å²) in [5.74, 6) is 0.296. The predicted octanol–water partition coefficient (Wildman–Crippen LogP) is 2.71. The van der Waals surface area contributed by atoms with Gasteiger partial charge >= 0.3 is 0 Å². The second-order valence-corrected chi connectivity index (χ2v) is 3.90. The molecule has 1 aliphatic rings. The van der Waals surface area contributed by atoms with Gasteiger partial charge in [0.2, 0.25) is 0 Å². The van der Waals surface area contributed by atoms with Crippen LogP contribution in [0.25, 0.3) is 0 Å². The average Bonchev–Trinajstić information content (AvgIpc) is 2.33. The van der Waals surface area contributed by atoms with Crippen LogP contribution in [0.1, 0.15) is 25.7 Å². The zero-order chi connectivity index (χ0) is 10.9. The summed E-state index contributed by atoms with van der Waals surface area (Å²) in [6.07, 6.45) is 4.10. The molecule has 0 spiro atoms. The lowest BCUT2D eigenvalue weighted by atomic mass is 9.88. The summed E-state index contributed by atoms with van der Waals surface area (Å²) in [6.45, 7) is 0. The van der Waals surface area contributed by atoms with Crippen LogP contribution in [0.4, 0.5) is 0 Å². The summed E-state index contributed by atoms with van der Waals surface area (Å²) in [7, 11) is 0. The van der Waals surface area contributed by atoms with Crippen molar-refractivity contribution in [3.63, 3.8) is 0 Å². The average molecular weight is 202 g/mol. The van der Waals surface area contributed by atoms with Gasteiger partial charge in [-0.3, -0.25) is 0 Å². The van der Waals surface area contributed by atoms with Crippen molar-refractivity contribution in [1.29, 1.82) is 5.26 Å². The van der Waals surface area contributed by atoms with Crippen LogP contribution in [-0.4, -0.2) is 6.04 Å². The molecule has 0 saturated heterocycles. The number of benzene rings is 1. The molecule has 0 aliphatic heterocycles. The molecular weight excluding hydrogens is 184 g/mol. The van der Waals surface area contributed by atoms with Crippen molar-refractivity contribution in [2.45, 2.75) is 31.7 Å². The van der Waals surface area contributed by atoms with Gasteiger partial charge in [0.15, 0.2) is 0 Å². The van der Waals surface area contributed by atoms with E-state index in [1.54, 1.807) is 0 Å². The van der Waals surface area contributed by atoms with E-state index in [0.29, 0.717) is 12.0 Å². The van der Waals surface area contributed by atoms with Gasteiger partial charge in [0.1, 0.15) is 0 Å². The Kier molecular flexibility index (Phi) is 5.50. The van der Waals surface area contributed by atoms with Crippen molar-refractivity contribution in [3.05, 3.63) is 36.4 Å². The first-order valence-corrected chi connectivity index (χ1v) is 5.48. The van der Waals surface area contributed by atoms with Gasteiger partial charge in [-0.15, -0.1) is 0 Å². The Labute approximate surface area is 91.7 Å². The monoisotopic (exact) mass is 202 g/mol. The second kappa shape index (κ2) is 7.03. The molecule has 2 heteroatoms. The third-order valence-electron chi connectivity index (χ3n) is 2.62. The van der Waals surface area contributed by atoms with Crippen LogP contribution in [-0.2, 0) is 0 Å². The number of hydrogen-bond donors (Lipinski definition) is 1. The molecule has 0 unspecified atom stereocenters. The van der Waals surface area contributed by atoms with Gasteiger partial charge in [0.25, 0.3) is 0 Å². The van der Waals surface area contributed by atoms with Crippen molar-refractivity contribution >= 4 is 0 Å². The Hall–Kier alpha value is -1.33. The van der Waals surface area contributed by atoms with E-state index >= 15 is 0 Å². The summed E-state index contributed by atoms with van der Waals surface area (Å²) < 4.78 is 0. The minimum atomic E-state index is 0.296. The SMILES string of the molecule is N#CC1CCC(N)CC1.c1ccccc1. The van der Waals surface area contributed by atoms with Gasteiger partial charge in [-0.25, -0.2) is 0 Å². The maximum Gasteiger partial charge on any atom is 0.0655 e. The van der Waals surface area contributed by atoms with Crippen molar-refractivity contribution in [2.24, 2.45) is 11.7 Å². The third-order valence-corrected chi connectivity index (χ3v) is 2.62. The van der Waals surface area contributed by atoms with E-state index in [0.717, 1.165) is 25.7 Å². The molecule has 2 nitrogen and oxygen atoms in total. The fourth-order valence-corrected chi connectivity index (χ4v) is 1.63. The fraction of sp³-hybridized carbons (Fsp3) is 0.462. The number of rotatable bonds is 0. The topological polar surface area (TPSA) is 49.8 Å². The molecule has 0 amide bonds. The smallest absolute Gasteiger partial charge is 0.0655 e. The lowest BCUT2D eigenvalue weighted by Gasteiger charge is -2.20. The molecule has 2 N–H and O–H groups in total. The molecule has 0 heterocycles. The van der Waals surface area contributed by atoms with E-state index in [-0.39, 0.29) is 0 Å². The Morgan fingerprint density at radius 3 is 1.60 bits per heavy atom. The maximum atomic E-state index is 8.49. The maximum absolute atomic E-state index is 8.49. The molecule has 80 valence electrons. The van der Waals surface area contributed by atoms with E-state index in [1.165, 1.54) is 0 Å². The van der Waals surface area contributed by atoms with E-state index in [9.17, 15) is 0 Å². The van der Waals surface area contributed by atoms with Crippen molar-refractivity contribution in [3.8, 4) is 6.07 Å². The molecule has 15 heavy (non-hydrogen) atoms. The van der Waals surface area contributed by atoms with E-state index in [2.05, 4.69) is 6.07 Å². The van der Waals surface area contributed by atoms with E-state index in [4.69, 9.17) is 11.0 Å². The largest absolute Gasteiger partial charge is 0.328 e. The van der Waals surface area contributed by atoms with Crippen molar-refractivity contribution < 1.29 is 0 Å². The Balaban J connectivity index is 0.000000162. The summed E-state index contributed by atoms with van der Waals surface area (Å²) in [5.41, 5.74) is 5.64. The molecule has 0 bridgehead atoms. The fourth-order valence-electron chi connectivity index (χ4n) is 1.63. The molecule has 0 aromatic heterocycles. The van der Waals surface area contributed by atoms with Gasteiger partial charge in [-0.1, -0.05) is 36.4 Å². The second-order valence-electron chi connectivity index (χ2n) is 3.90. The summed E-state index contributed by atoms with van der Waals surface area (Å²) in [4.78, 5) is 0. The Morgan fingerprint density at radius 1 is 0.867 bits per heavy atom. The molecule has 0 radical (unpaired) electrons. The lowest BCUT2D eigenvalue weighted by Crippen LogP contribution is -2.25. The van der Waals surface area contributed by atoms with Crippen LogP contribution in [0.3, 0.4) is 0 Å². The zero-order valence-electron chi connectivity index (χ0n) is 8.97. The Bertz CT molecular complexity index is 254. The first-order valence-electron chi connectivity index (χ1n) is 5.48. The van der Waals surface area contributed by atoms with Gasteiger partial charge in [0.05, 0.1) is 6.07 Å². The quantitative estimate of drug-likeness (QED) is 0.703. The van der Waals surface area contributed by atoms with Gasteiger partial charge in [-0.2, -0.15) is 5.26 Å². The summed E-state index contributed by atoms with van der Waals surface area (Å²) >= 11 is 0. The first-order chi connectivity index (χ1) is 7.33. The van der Waals surface area contributed by atoms with Crippen LogP contribution in [0.5, 0.6) is 0 Å². The molecule has 1 saturated carbocycles. The van der Waals surface area contributed by atoms with Crippen LogP contribution in [0.15, 0.2) is 36.4 Å². The molecule has 1 aromatic carbocycles. The van der Waals surface area contributed by atoms with Gasteiger partial charge < -0.3 is 5.73 Å². The summed E-state index contributed by atoms with van der Waals surface area (Å²) in [5, 5.41) is 8.49. The van der Waals surface area contributed by atoms with E-state index in [1.807, 2.05) is 36.4 Å². The van der Waals surface area contributed by atoms with Crippen molar-refractivity contribution in [1.82, 2.24) is 0 Å². The van der Waals surface area contributed by atoms with Crippen LogP contribution in [0, 0.1) is 17.2 Å². The highest BCUT2D eigenvalue weighted by atomic mass is 14.6. The molecule has 2 rings (SSSR count). The minimum absolute atomic E-state index is 0.296. The first kappa shape index (κ1) is 11.7. The molecule has 1 aliphatic carbocycles. The molecule has 1 aromatic rings. The predicted molar refractivity (Wildman–Crippen MR) is 62.0 cm³/mol.